The molecule has 3 aromatic rings. The van der Waals surface area contributed by atoms with Gasteiger partial charge in [-0.1, -0.05) is 12.1 Å². The summed E-state index contributed by atoms with van der Waals surface area (Å²) in [5, 5.41) is 16.0. The first-order chi connectivity index (χ1) is 14.4. The number of hydrogen-bond acceptors (Lipinski definition) is 5. The average molecular weight is 406 g/mol. The predicted molar refractivity (Wildman–Crippen MR) is 113 cm³/mol. The Kier molecular flexibility index (Phi) is 5.48. The van der Waals surface area contributed by atoms with E-state index in [-0.39, 0.29) is 24.3 Å². The van der Waals surface area contributed by atoms with E-state index in [0.29, 0.717) is 37.4 Å². The molecular weight excluding hydrogens is 380 g/mol. The Balaban J connectivity index is 1.46. The van der Waals surface area contributed by atoms with E-state index < -0.39 is 0 Å². The summed E-state index contributed by atoms with van der Waals surface area (Å²) in [7, 11) is 0. The molecule has 1 saturated heterocycles. The number of aryl methyl sites for hydroxylation is 2. The largest absolute Gasteiger partial charge is 0.348 e. The number of benzene rings is 1. The van der Waals surface area contributed by atoms with Gasteiger partial charge in [-0.2, -0.15) is 9.61 Å². The molecule has 4 rings (SSSR count). The maximum atomic E-state index is 12.6. The third kappa shape index (κ3) is 4.03. The number of nitrogens with zero attached hydrogens (tertiary/aromatic N) is 5. The Morgan fingerprint density at radius 3 is 2.53 bits per heavy atom. The summed E-state index contributed by atoms with van der Waals surface area (Å²) < 4.78 is 1.68. The van der Waals surface area contributed by atoms with Crippen LogP contribution in [0, 0.1) is 19.8 Å². The van der Waals surface area contributed by atoms with Crippen LogP contribution in [-0.2, 0) is 16.1 Å². The molecule has 1 aromatic carbocycles. The molecule has 8 heteroatoms. The van der Waals surface area contributed by atoms with Gasteiger partial charge in [0, 0.05) is 31.5 Å². The third-order valence-electron chi connectivity index (χ3n) is 5.86. The highest BCUT2D eigenvalue weighted by Gasteiger charge is 2.26. The zero-order valence-corrected chi connectivity index (χ0v) is 17.6. The summed E-state index contributed by atoms with van der Waals surface area (Å²) in [5.41, 5.74) is 4.94. The number of carbonyl (C=O) groups is 2. The predicted octanol–water partition coefficient (Wildman–Crippen LogP) is 2.28. The quantitative estimate of drug-likeness (QED) is 0.718. The van der Waals surface area contributed by atoms with E-state index in [9.17, 15) is 9.59 Å². The number of fused-ring (bicyclic) bond motifs is 1. The molecule has 0 unspecified atom stereocenters. The van der Waals surface area contributed by atoms with Crippen LogP contribution in [0.5, 0.6) is 0 Å². The smallest absolute Gasteiger partial charge is 0.223 e. The zero-order chi connectivity index (χ0) is 21.3. The van der Waals surface area contributed by atoms with E-state index in [1.54, 1.807) is 16.3 Å². The highest BCUT2D eigenvalue weighted by Crippen LogP contribution is 2.21. The molecule has 1 aliphatic rings. The summed E-state index contributed by atoms with van der Waals surface area (Å²) in [6.45, 7) is 7.24. The zero-order valence-electron chi connectivity index (χ0n) is 17.6. The Morgan fingerprint density at radius 2 is 1.83 bits per heavy atom. The minimum absolute atomic E-state index is 0.0136. The van der Waals surface area contributed by atoms with Crippen molar-refractivity contribution >= 4 is 17.5 Å². The first-order valence-corrected chi connectivity index (χ1v) is 10.2. The molecule has 2 amide bonds. The number of aromatic nitrogens is 4. The van der Waals surface area contributed by atoms with E-state index in [1.807, 2.05) is 12.1 Å². The van der Waals surface area contributed by atoms with Crippen molar-refractivity contribution in [1.29, 1.82) is 0 Å². The van der Waals surface area contributed by atoms with Crippen LogP contribution in [0.25, 0.3) is 16.9 Å². The van der Waals surface area contributed by atoms with Crippen LogP contribution in [-0.4, -0.2) is 49.6 Å². The first kappa shape index (κ1) is 20.0. The molecule has 0 spiro atoms. The fraction of sp³-hybridized carbons (Fsp3) is 0.409. The highest BCUT2D eigenvalue weighted by molar-refractivity contribution is 5.79. The van der Waals surface area contributed by atoms with Gasteiger partial charge in [-0.15, -0.1) is 10.2 Å². The van der Waals surface area contributed by atoms with Crippen LogP contribution in [0.2, 0.25) is 0 Å². The lowest BCUT2D eigenvalue weighted by atomic mass is 9.96. The normalized spacial score (nSPS) is 14.8. The molecule has 3 heterocycles. The van der Waals surface area contributed by atoms with E-state index in [4.69, 9.17) is 5.10 Å². The minimum Gasteiger partial charge on any atom is -0.348 e. The van der Waals surface area contributed by atoms with Gasteiger partial charge >= 0.3 is 0 Å². The molecular formula is C22H26N6O2. The maximum absolute atomic E-state index is 12.6. The molecule has 30 heavy (non-hydrogen) atoms. The van der Waals surface area contributed by atoms with Crippen molar-refractivity contribution in [3.8, 4) is 11.3 Å². The van der Waals surface area contributed by atoms with Crippen LogP contribution in [0.4, 0.5) is 0 Å². The Morgan fingerprint density at radius 1 is 1.07 bits per heavy atom. The van der Waals surface area contributed by atoms with Crippen molar-refractivity contribution in [3.05, 3.63) is 47.3 Å². The lowest BCUT2D eigenvalue weighted by molar-refractivity contribution is -0.134. The van der Waals surface area contributed by atoms with E-state index in [2.05, 4.69) is 47.6 Å². The number of nitrogens with one attached hydrogen (secondary N) is 1. The van der Waals surface area contributed by atoms with Gasteiger partial charge in [0.1, 0.15) is 0 Å². The third-order valence-corrected chi connectivity index (χ3v) is 5.86. The number of hydrogen-bond donors (Lipinski definition) is 1. The molecule has 2 aromatic heterocycles. The summed E-state index contributed by atoms with van der Waals surface area (Å²) in [6.07, 6.45) is 1.36. The highest BCUT2D eigenvalue weighted by atomic mass is 16.2. The number of amides is 2. The van der Waals surface area contributed by atoms with Crippen molar-refractivity contribution in [2.24, 2.45) is 5.92 Å². The Hall–Kier alpha value is -3.29. The standard InChI is InChI=1S/C22H26N6O2/c1-14-4-5-18(12-15(14)2)19-6-7-20-24-25-21(28(20)26-19)13-23-22(30)17-8-10-27(11-9-17)16(3)29/h4-7,12,17H,8-11,13H2,1-3H3,(H,23,30). The molecule has 0 bridgehead atoms. The number of carbonyl (C=O) groups excluding carboxylic acids is 2. The average Bonchev–Trinajstić information content (AvgIpc) is 3.16. The van der Waals surface area contributed by atoms with Gasteiger partial charge in [-0.25, -0.2) is 0 Å². The summed E-state index contributed by atoms with van der Waals surface area (Å²) >= 11 is 0. The Bertz CT molecular complexity index is 1100. The molecule has 156 valence electrons. The second-order valence-corrected chi connectivity index (χ2v) is 7.90. The van der Waals surface area contributed by atoms with E-state index in [1.165, 1.54) is 11.1 Å². The number of rotatable bonds is 4. The van der Waals surface area contributed by atoms with Crippen LogP contribution in [0.15, 0.2) is 30.3 Å². The van der Waals surface area contributed by atoms with Gasteiger partial charge < -0.3 is 10.2 Å². The molecule has 0 atom stereocenters. The van der Waals surface area contributed by atoms with Crippen molar-refractivity contribution in [2.45, 2.75) is 40.2 Å². The van der Waals surface area contributed by atoms with Crippen LogP contribution < -0.4 is 5.32 Å². The molecule has 0 saturated carbocycles. The van der Waals surface area contributed by atoms with Gasteiger partial charge in [0.25, 0.3) is 0 Å². The van der Waals surface area contributed by atoms with E-state index >= 15 is 0 Å². The first-order valence-electron chi connectivity index (χ1n) is 10.2. The molecule has 1 N–H and O–H groups in total. The molecule has 0 radical (unpaired) electrons. The second-order valence-electron chi connectivity index (χ2n) is 7.90. The lowest BCUT2D eigenvalue weighted by Crippen LogP contribution is -2.42. The van der Waals surface area contributed by atoms with Crippen LogP contribution >= 0.6 is 0 Å². The van der Waals surface area contributed by atoms with Crippen molar-refractivity contribution < 1.29 is 9.59 Å². The van der Waals surface area contributed by atoms with Gasteiger partial charge in [-0.05, 0) is 56.0 Å². The summed E-state index contributed by atoms with van der Waals surface area (Å²) in [6, 6.07) is 10.1. The van der Waals surface area contributed by atoms with Crippen molar-refractivity contribution in [1.82, 2.24) is 30.0 Å². The molecule has 1 fully saturated rings. The number of likely N-dealkylation sites (tertiary alicyclic amines) is 1. The molecule has 8 nitrogen and oxygen atoms in total. The van der Waals surface area contributed by atoms with Gasteiger partial charge in [0.05, 0.1) is 12.2 Å². The molecule has 0 aliphatic carbocycles. The van der Waals surface area contributed by atoms with Crippen molar-refractivity contribution in [2.75, 3.05) is 13.1 Å². The van der Waals surface area contributed by atoms with Gasteiger partial charge in [-0.3, -0.25) is 9.59 Å². The monoisotopic (exact) mass is 406 g/mol. The Labute approximate surface area is 175 Å². The summed E-state index contributed by atoms with van der Waals surface area (Å²) in [4.78, 5) is 25.8. The minimum atomic E-state index is -0.0844. The van der Waals surface area contributed by atoms with E-state index in [0.717, 1.165) is 11.3 Å². The molecule has 1 aliphatic heterocycles. The van der Waals surface area contributed by atoms with Gasteiger partial charge in [0.15, 0.2) is 11.5 Å². The van der Waals surface area contributed by atoms with Crippen LogP contribution in [0.3, 0.4) is 0 Å². The SMILES string of the molecule is CC(=O)N1CCC(C(=O)NCc2nnc3ccc(-c4ccc(C)c(C)c4)nn23)CC1. The number of piperidine rings is 1. The second kappa shape index (κ2) is 8.22. The topological polar surface area (TPSA) is 92.5 Å². The lowest BCUT2D eigenvalue weighted by Gasteiger charge is -2.30. The maximum Gasteiger partial charge on any atom is 0.223 e. The van der Waals surface area contributed by atoms with Gasteiger partial charge in [0.2, 0.25) is 11.8 Å². The summed E-state index contributed by atoms with van der Waals surface area (Å²) in [5.74, 6) is 0.554. The van der Waals surface area contributed by atoms with Crippen molar-refractivity contribution in [3.63, 3.8) is 0 Å². The van der Waals surface area contributed by atoms with Crippen LogP contribution in [0.1, 0.15) is 36.7 Å². The fourth-order valence-corrected chi connectivity index (χ4v) is 3.77. The fourth-order valence-electron chi connectivity index (χ4n) is 3.77.